The minimum absolute atomic E-state index is 0.661. The molecular weight excluding hydrogens is 762 g/mol. The van der Waals surface area contributed by atoms with E-state index >= 15 is 17.6 Å². The Morgan fingerprint density at radius 3 is 0.889 bits per heavy atom. The molecule has 2 aromatic carbocycles. The van der Waals surface area contributed by atoms with Crippen LogP contribution in [-0.2, 0) is 12.4 Å². The summed E-state index contributed by atoms with van der Waals surface area (Å²) in [5, 5.41) is 66.6. The van der Waals surface area contributed by atoms with Crippen molar-refractivity contribution in [2.24, 2.45) is 0 Å². The first-order valence-electron chi connectivity index (χ1n) is 13.2. The Morgan fingerprint density at radius 2 is 0.648 bits per heavy atom. The van der Waals surface area contributed by atoms with Gasteiger partial charge in [-0.1, -0.05) is 0 Å². The van der Waals surface area contributed by atoms with Gasteiger partial charge < -0.3 is 0 Å². The number of hydrogen-bond donors (Lipinski definition) is 0. The van der Waals surface area contributed by atoms with Gasteiger partial charge in [0, 0.05) is 22.3 Å². The van der Waals surface area contributed by atoms with Crippen molar-refractivity contribution in [2.75, 3.05) is 0 Å². The molecule has 266 valence electrons. The fraction of sp³-hybridized carbons (Fsp3) is 0.0625. The normalized spacial score (nSPS) is 15.0. The molecule has 1 aromatic heterocycles. The molecule has 0 aliphatic heterocycles. The molecule has 0 N–H and O–H groups in total. The highest BCUT2D eigenvalue weighted by molar-refractivity contribution is 6.12. The lowest BCUT2D eigenvalue weighted by molar-refractivity contribution is -0.147. The zero-order valence-corrected chi connectivity index (χ0v) is 24.9. The van der Waals surface area contributed by atoms with Gasteiger partial charge in [-0.05, 0) is 0 Å². The van der Waals surface area contributed by atoms with Gasteiger partial charge in [0.15, 0.2) is 34.9 Å². The highest BCUT2D eigenvalue weighted by Crippen LogP contribution is 2.58. The van der Waals surface area contributed by atoms with Crippen LogP contribution in [0.4, 0.5) is 61.5 Å². The number of benzene rings is 2. The zero-order chi connectivity index (χ0) is 40.9. The van der Waals surface area contributed by atoms with Crippen molar-refractivity contribution in [1.82, 2.24) is 4.98 Å². The number of allylic oxidation sites excluding steroid dienone is 6. The van der Waals surface area contributed by atoms with E-state index in [2.05, 4.69) is 0 Å². The molecule has 8 nitrogen and oxygen atoms in total. The summed E-state index contributed by atoms with van der Waals surface area (Å²) in [7, 11) is 0. The van der Waals surface area contributed by atoms with Gasteiger partial charge in [0.2, 0.25) is 11.9 Å². The van der Waals surface area contributed by atoms with Crippen LogP contribution in [0.2, 0.25) is 0 Å². The maximum Gasteiger partial charge on any atom is 0.421 e. The monoisotopic (exact) mass is 762 g/mol. The summed E-state index contributed by atoms with van der Waals surface area (Å²) in [5.74, 6) is -20.9. The minimum atomic E-state index is -6.35. The van der Waals surface area contributed by atoms with Crippen LogP contribution >= 0.6 is 0 Å². The molecule has 1 aliphatic carbocycles. The van der Waals surface area contributed by atoms with Gasteiger partial charge in [-0.25, -0.2) is 26.3 Å². The topological polar surface area (TPSA) is 179 Å². The first-order valence-corrected chi connectivity index (χ1v) is 13.2. The fourth-order valence-electron chi connectivity index (χ4n) is 5.12. The lowest BCUT2D eigenvalue weighted by Crippen LogP contribution is -2.22. The number of nitrogens with zero attached hydrogens (tertiary/aromatic N) is 8. The molecule has 0 amide bonds. The molecule has 0 spiro atoms. The van der Waals surface area contributed by atoms with E-state index in [1.165, 1.54) is 0 Å². The van der Waals surface area contributed by atoms with Gasteiger partial charge in [-0.15, -0.1) is 0 Å². The SMILES string of the molecule is N#CC(=C1C(=C(/C#N)c2c(F)c(F)c(C#N)c(C#N)c2F)/C1=C(/C#N)c1c(F)c(F)c(C#N)c(C#N)c1F)c1c(C(F)(F)F)c(F)nc(F)c1C(F)(F)F. The molecule has 1 fully saturated rings. The minimum Gasteiger partial charge on any atom is -0.205 e. The Balaban J connectivity index is 2.51. The number of alkyl halides is 6. The molecular formula is C32F14N8. The molecule has 0 saturated heterocycles. The molecule has 1 aliphatic rings. The predicted octanol–water partition coefficient (Wildman–Crippen LogP) is 7.96. The first-order chi connectivity index (χ1) is 25.2. The second-order valence-corrected chi connectivity index (χ2v) is 9.98. The standard InChI is InChI=1S/C32F14N8/c33-23-8(1-47)10(3-49)25(35)27(37)19(23)13(6-52)16-15(17(16)14(7-53)20-24(34)9(2-48)11(4-50)26(36)28(20)38)12(5-51)18-21(31(41,42)43)29(39)54-30(40)22(18)32(44,45)46/b15-12?,16-13-,17-14+. The second-order valence-electron chi connectivity index (χ2n) is 9.98. The van der Waals surface area contributed by atoms with Crippen LogP contribution in [0.1, 0.15) is 50.1 Å². The number of rotatable bonds is 3. The number of pyridine rings is 1. The lowest BCUT2D eigenvalue weighted by Gasteiger charge is -2.18. The average Bonchev–Trinajstić information content (AvgIpc) is 3.80. The van der Waals surface area contributed by atoms with Crippen molar-refractivity contribution < 1.29 is 61.5 Å². The van der Waals surface area contributed by atoms with Crippen LogP contribution in [0.3, 0.4) is 0 Å². The lowest BCUT2D eigenvalue weighted by atomic mass is 9.93. The summed E-state index contributed by atoms with van der Waals surface area (Å²) in [4.78, 5) is 1.91. The van der Waals surface area contributed by atoms with Crippen LogP contribution in [0.25, 0.3) is 16.7 Å². The van der Waals surface area contributed by atoms with E-state index in [0.717, 1.165) is 36.4 Å². The van der Waals surface area contributed by atoms with Crippen LogP contribution in [0.5, 0.6) is 0 Å². The summed E-state index contributed by atoms with van der Waals surface area (Å²) in [5.41, 5.74) is -31.5. The number of hydrogen-bond acceptors (Lipinski definition) is 8. The number of aromatic nitrogens is 1. The fourth-order valence-corrected chi connectivity index (χ4v) is 5.12. The van der Waals surface area contributed by atoms with Gasteiger partial charge >= 0.3 is 12.4 Å². The van der Waals surface area contributed by atoms with Crippen molar-refractivity contribution >= 4 is 16.7 Å². The third-order valence-electron chi connectivity index (χ3n) is 7.29. The third kappa shape index (κ3) is 5.73. The van der Waals surface area contributed by atoms with E-state index in [4.69, 9.17) is 10.5 Å². The molecule has 1 saturated carbocycles. The van der Waals surface area contributed by atoms with E-state index in [1.807, 2.05) is 4.98 Å². The number of halogens is 14. The van der Waals surface area contributed by atoms with Crippen molar-refractivity contribution in [1.29, 1.82) is 36.8 Å². The molecule has 1 heterocycles. The average molecular weight is 762 g/mol. The van der Waals surface area contributed by atoms with E-state index in [0.29, 0.717) is 6.07 Å². The maximum absolute atomic E-state index is 15.6. The summed E-state index contributed by atoms with van der Waals surface area (Å²) < 4.78 is 206. The first kappa shape index (κ1) is 39.1. The van der Waals surface area contributed by atoms with Crippen molar-refractivity contribution in [2.45, 2.75) is 12.4 Å². The quantitative estimate of drug-likeness (QED) is 0.112. The van der Waals surface area contributed by atoms with Crippen LogP contribution in [0.15, 0.2) is 16.7 Å². The molecule has 0 atom stereocenters. The van der Waals surface area contributed by atoms with Gasteiger partial charge in [-0.3, -0.25) is 0 Å². The molecule has 3 aromatic rings. The van der Waals surface area contributed by atoms with Crippen LogP contribution < -0.4 is 0 Å². The van der Waals surface area contributed by atoms with Crippen molar-refractivity contribution in [3.05, 3.63) is 114 Å². The third-order valence-corrected chi connectivity index (χ3v) is 7.29. The molecule has 0 bridgehead atoms. The Kier molecular flexibility index (Phi) is 9.71. The zero-order valence-electron chi connectivity index (χ0n) is 24.9. The van der Waals surface area contributed by atoms with Crippen LogP contribution in [0, 0.1) is 126 Å². The Morgan fingerprint density at radius 1 is 0.389 bits per heavy atom. The van der Waals surface area contributed by atoms with E-state index in [-0.39, 0.29) is 0 Å². The summed E-state index contributed by atoms with van der Waals surface area (Å²) in [6.45, 7) is 0. The molecule has 4 rings (SSSR count). The Bertz CT molecular complexity index is 2520. The Labute approximate surface area is 288 Å². The smallest absolute Gasteiger partial charge is 0.205 e. The molecule has 22 heteroatoms. The van der Waals surface area contributed by atoms with Crippen molar-refractivity contribution in [3.63, 3.8) is 0 Å². The molecule has 54 heavy (non-hydrogen) atoms. The molecule has 0 unspecified atom stereocenters. The summed E-state index contributed by atoms with van der Waals surface area (Å²) in [6.07, 6.45) is -12.7. The highest BCUT2D eigenvalue weighted by atomic mass is 19.4. The highest BCUT2D eigenvalue weighted by Gasteiger charge is 2.51. The molecule has 0 radical (unpaired) electrons. The van der Waals surface area contributed by atoms with Crippen molar-refractivity contribution in [3.8, 4) is 42.5 Å². The van der Waals surface area contributed by atoms with Gasteiger partial charge in [0.05, 0.1) is 27.8 Å². The van der Waals surface area contributed by atoms with Crippen LogP contribution in [-0.4, -0.2) is 4.98 Å². The van der Waals surface area contributed by atoms with Gasteiger partial charge in [0.1, 0.15) is 75.9 Å². The second kappa shape index (κ2) is 13.4. The predicted molar refractivity (Wildman–Crippen MR) is 143 cm³/mol. The summed E-state index contributed by atoms with van der Waals surface area (Å²) in [6, 6.07) is 6.02. The Hall–Kier alpha value is -7.74. The van der Waals surface area contributed by atoms with E-state index in [9.17, 15) is 70.2 Å². The maximum atomic E-state index is 15.6. The van der Waals surface area contributed by atoms with E-state index < -0.39 is 143 Å². The van der Waals surface area contributed by atoms with E-state index in [1.54, 1.807) is 0 Å². The summed E-state index contributed by atoms with van der Waals surface area (Å²) >= 11 is 0. The van der Waals surface area contributed by atoms with Gasteiger partial charge in [-0.2, -0.15) is 76.9 Å². The largest absolute Gasteiger partial charge is 0.421 e. The number of nitriles is 7. The van der Waals surface area contributed by atoms with Gasteiger partial charge in [0.25, 0.3) is 0 Å².